The van der Waals surface area contributed by atoms with E-state index < -0.39 is 0 Å². The largest absolute Gasteiger partial charge is 0.345 e. The minimum absolute atomic E-state index is 0.127. The summed E-state index contributed by atoms with van der Waals surface area (Å²) in [7, 11) is 1.71. The van der Waals surface area contributed by atoms with E-state index in [2.05, 4.69) is 20.8 Å². The molecule has 0 aliphatic carbocycles. The van der Waals surface area contributed by atoms with Crippen LogP contribution in [-0.2, 0) is 4.79 Å². The molecule has 0 radical (unpaired) electrons. The molecule has 2 rings (SSSR count). The Morgan fingerprint density at radius 3 is 2.75 bits per heavy atom. The van der Waals surface area contributed by atoms with E-state index in [0.29, 0.717) is 16.7 Å². The fourth-order valence-electron chi connectivity index (χ4n) is 1.64. The van der Waals surface area contributed by atoms with E-state index in [-0.39, 0.29) is 18.5 Å². The fourth-order valence-corrected chi connectivity index (χ4v) is 1.76. The van der Waals surface area contributed by atoms with Crippen molar-refractivity contribution in [1.82, 2.24) is 20.8 Å². The standard InChI is InChI=1S/C13H15ClN4O2/c1-8(16-11(19)7-15-2)12-17-13(20-18-12)9-3-5-10(14)6-4-9/h3-6,8,15H,7H2,1-2H3,(H,16,19). The summed E-state index contributed by atoms with van der Waals surface area (Å²) in [6, 6.07) is 6.77. The summed E-state index contributed by atoms with van der Waals surface area (Å²) in [6.45, 7) is 2.04. The summed E-state index contributed by atoms with van der Waals surface area (Å²) < 4.78 is 5.18. The van der Waals surface area contributed by atoms with Crippen molar-refractivity contribution in [3.63, 3.8) is 0 Å². The molecule has 1 unspecified atom stereocenters. The normalized spacial score (nSPS) is 12.2. The van der Waals surface area contributed by atoms with E-state index in [1.54, 1.807) is 38.2 Å². The van der Waals surface area contributed by atoms with E-state index in [9.17, 15) is 4.79 Å². The Kier molecular flexibility index (Phi) is 4.70. The van der Waals surface area contributed by atoms with Crippen molar-refractivity contribution in [2.24, 2.45) is 0 Å². The van der Waals surface area contributed by atoms with Crippen LogP contribution in [0, 0.1) is 0 Å². The Bertz CT molecular complexity index is 582. The minimum atomic E-state index is -0.319. The van der Waals surface area contributed by atoms with E-state index in [1.165, 1.54) is 0 Å². The molecule has 0 saturated heterocycles. The Labute approximate surface area is 121 Å². The van der Waals surface area contributed by atoms with Gasteiger partial charge in [-0.25, -0.2) is 0 Å². The zero-order valence-corrected chi connectivity index (χ0v) is 11.9. The van der Waals surface area contributed by atoms with E-state index in [4.69, 9.17) is 16.1 Å². The second-order valence-electron chi connectivity index (χ2n) is 4.28. The molecule has 7 heteroatoms. The van der Waals surface area contributed by atoms with Crippen molar-refractivity contribution in [3.05, 3.63) is 35.1 Å². The van der Waals surface area contributed by atoms with Crippen LogP contribution in [0.1, 0.15) is 18.8 Å². The number of amides is 1. The third-order valence-electron chi connectivity index (χ3n) is 2.64. The molecule has 6 nitrogen and oxygen atoms in total. The van der Waals surface area contributed by atoms with Gasteiger partial charge in [0.2, 0.25) is 5.91 Å². The number of hydrogen-bond acceptors (Lipinski definition) is 5. The summed E-state index contributed by atoms with van der Waals surface area (Å²) in [6.07, 6.45) is 0. The highest BCUT2D eigenvalue weighted by Gasteiger charge is 2.16. The minimum Gasteiger partial charge on any atom is -0.345 e. The van der Waals surface area contributed by atoms with Gasteiger partial charge in [0.1, 0.15) is 0 Å². The van der Waals surface area contributed by atoms with Gasteiger partial charge in [0, 0.05) is 10.6 Å². The predicted molar refractivity (Wildman–Crippen MR) is 75.2 cm³/mol. The van der Waals surface area contributed by atoms with Gasteiger partial charge in [-0.2, -0.15) is 4.98 Å². The molecule has 1 atom stereocenters. The lowest BCUT2D eigenvalue weighted by atomic mass is 10.2. The molecule has 1 heterocycles. The second-order valence-corrected chi connectivity index (χ2v) is 4.72. The first-order valence-corrected chi connectivity index (χ1v) is 6.51. The SMILES string of the molecule is CNCC(=O)NC(C)c1noc(-c2ccc(Cl)cc2)n1. The zero-order chi connectivity index (χ0) is 14.5. The summed E-state index contributed by atoms with van der Waals surface area (Å²) in [5.74, 6) is 0.698. The topological polar surface area (TPSA) is 80.0 Å². The van der Waals surface area contributed by atoms with Crippen LogP contribution < -0.4 is 10.6 Å². The molecule has 1 amide bonds. The number of likely N-dealkylation sites (N-methyl/N-ethyl adjacent to an activating group) is 1. The number of halogens is 1. The highest BCUT2D eigenvalue weighted by Crippen LogP contribution is 2.21. The number of carbonyl (C=O) groups excluding carboxylic acids is 1. The summed E-state index contributed by atoms with van der Waals surface area (Å²) in [4.78, 5) is 15.7. The molecular weight excluding hydrogens is 280 g/mol. The average Bonchev–Trinajstić information content (AvgIpc) is 2.89. The lowest BCUT2D eigenvalue weighted by Crippen LogP contribution is -2.34. The lowest BCUT2D eigenvalue weighted by molar-refractivity contribution is -0.120. The molecule has 2 N–H and O–H groups in total. The molecule has 0 saturated carbocycles. The van der Waals surface area contributed by atoms with Gasteiger partial charge in [-0.1, -0.05) is 16.8 Å². The molecule has 1 aromatic carbocycles. The average molecular weight is 295 g/mol. The number of carbonyl (C=O) groups is 1. The summed E-state index contributed by atoms with van der Waals surface area (Å²) >= 11 is 5.82. The molecule has 0 aliphatic heterocycles. The number of rotatable bonds is 5. The van der Waals surface area contributed by atoms with E-state index >= 15 is 0 Å². The zero-order valence-electron chi connectivity index (χ0n) is 11.2. The van der Waals surface area contributed by atoms with Crippen LogP contribution in [-0.4, -0.2) is 29.6 Å². The van der Waals surface area contributed by atoms with Gasteiger partial charge in [0.05, 0.1) is 12.6 Å². The Morgan fingerprint density at radius 1 is 1.40 bits per heavy atom. The first-order valence-electron chi connectivity index (χ1n) is 6.13. The van der Waals surface area contributed by atoms with Crippen LogP contribution in [0.4, 0.5) is 0 Å². The van der Waals surface area contributed by atoms with Gasteiger partial charge in [0.25, 0.3) is 5.89 Å². The first kappa shape index (κ1) is 14.5. The molecule has 106 valence electrons. The van der Waals surface area contributed by atoms with Crippen LogP contribution in [0.25, 0.3) is 11.5 Å². The number of nitrogens with zero attached hydrogens (tertiary/aromatic N) is 2. The number of hydrogen-bond donors (Lipinski definition) is 2. The quantitative estimate of drug-likeness (QED) is 0.879. The Hall–Kier alpha value is -1.92. The molecule has 0 aliphatic rings. The fraction of sp³-hybridized carbons (Fsp3) is 0.308. The van der Waals surface area contributed by atoms with Crippen molar-refractivity contribution >= 4 is 17.5 Å². The lowest BCUT2D eigenvalue weighted by Gasteiger charge is -2.08. The molecule has 0 spiro atoms. The van der Waals surface area contributed by atoms with Gasteiger partial charge < -0.3 is 15.2 Å². The van der Waals surface area contributed by atoms with Crippen LogP contribution in [0.15, 0.2) is 28.8 Å². The second kappa shape index (κ2) is 6.49. The van der Waals surface area contributed by atoms with Crippen LogP contribution in [0.3, 0.4) is 0 Å². The third kappa shape index (κ3) is 3.55. The van der Waals surface area contributed by atoms with Crippen molar-refractivity contribution in [3.8, 4) is 11.5 Å². The molecule has 0 fully saturated rings. The summed E-state index contributed by atoms with van der Waals surface area (Å²) in [5.41, 5.74) is 0.780. The van der Waals surface area contributed by atoms with Gasteiger partial charge in [-0.15, -0.1) is 0 Å². The molecule has 0 bridgehead atoms. The highest BCUT2D eigenvalue weighted by molar-refractivity contribution is 6.30. The smallest absolute Gasteiger partial charge is 0.257 e. The number of aromatic nitrogens is 2. The van der Waals surface area contributed by atoms with Gasteiger partial charge in [0.15, 0.2) is 5.82 Å². The molecule has 2 aromatic rings. The van der Waals surface area contributed by atoms with Crippen LogP contribution in [0.2, 0.25) is 5.02 Å². The van der Waals surface area contributed by atoms with Gasteiger partial charge in [-0.3, -0.25) is 4.79 Å². The number of nitrogens with one attached hydrogen (secondary N) is 2. The maximum atomic E-state index is 11.5. The number of benzene rings is 1. The van der Waals surface area contributed by atoms with Crippen molar-refractivity contribution in [2.45, 2.75) is 13.0 Å². The first-order chi connectivity index (χ1) is 9.60. The Balaban J connectivity index is 2.08. The van der Waals surface area contributed by atoms with Gasteiger partial charge in [-0.05, 0) is 38.2 Å². The van der Waals surface area contributed by atoms with Crippen molar-refractivity contribution < 1.29 is 9.32 Å². The monoisotopic (exact) mass is 294 g/mol. The van der Waals surface area contributed by atoms with Crippen LogP contribution in [0.5, 0.6) is 0 Å². The maximum Gasteiger partial charge on any atom is 0.257 e. The predicted octanol–water partition coefficient (Wildman–Crippen LogP) is 1.79. The Morgan fingerprint density at radius 2 is 2.10 bits per heavy atom. The van der Waals surface area contributed by atoms with Crippen LogP contribution >= 0.6 is 11.6 Å². The van der Waals surface area contributed by atoms with E-state index in [0.717, 1.165) is 5.56 Å². The maximum absolute atomic E-state index is 11.5. The molecular formula is C13H15ClN4O2. The summed E-state index contributed by atoms with van der Waals surface area (Å²) in [5, 5.41) is 10.0. The van der Waals surface area contributed by atoms with Crippen molar-refractivity contribution in [1.29, 1.82) is 0 Å². The highest BCUT2D eigenvalue weighted by atomic mass is 35.5. The van der Waals surface area contributed by atoms with E-state index in [1.807, 2.05) is 0 Å². The van der Waals surface area contributed by atoms with Gasteiger partial charge >= 0.3 is 0 Å². The third-order valence-corrected chi connectivity index (χ3v) is 2.89. The van der Waals surface area contributed by atoms with Crippen molar-refractivity contribution in [2.75, 3.05) is 13.6 Å². The molecule has 1 aromatic heterocycles. The molecule has 20 heavy (non-hydrogen) atoms.